The van der Waals surface area contributed by atoms with Crippen molar-refractivity contribution in [3.8, 4) is 5.75 Å². The number of carboxylic acids is 1. The highest BCUT2D eigenvalue weighted by molar-refractivity contribution is 6.31. The smallest absolute Gasteiger partial charge is 0.308 e. The number of piperidine rings is 1. The molecule has 0 saturated carbocycles. The lowest BCUT2D eigenvalue weighted by atomic mass is 9.97. The summed E-state index contributed by atoms with van der Waals surface area (Å²) in [7, 11) is 1.48. The van der Waals surface area contributed by atoms with Gasteiger partial charge in [-0.15, -0.1) is 0 Å². The molecule has 2 amide bonds. The number of rotatable bonds is 4. The van der Waals surface area contributed by atoms with Crippen LogP contribution in [0.5, 0.6) is 5.75 Å². The lowest BCUT2D eigenvalue weighted by Gasteiger charge is -2.35. The standard InChI is InChI=1S/C19H23ClN2O5/c1-27-16-7-6-13(20)10-14(16)17(23)22-9-3-5-15(22)18(24)21-8-2-4-12(11-21)19(25)26/h6-7,10,12,15H,2-5,8-9,11H2,1H3,(H,25,26)/t12-,15?/m0/s1. The second-order valence-electron chi connectivity index (χ2n) is 6.96. The molecule has 7 nitrogen and oxygen atoms in total. The minimum Gasteiger partial charge on any atom is -0.496 e. The van der Waals surface area contributed by atoms with E-state index in [2.05, 4.69) is 0 Å². The fourth-order valence-corrected chi connectivity index (χ4v) is 4.03. The third kappa shape index (κ3) is 4.03. The fourth-order valence-electron chi connectivity index (χ4n) is 3.86. The Labute approximate surface area is 162 Å². The van der Waals surface area contributed by atoms with Gasteiger partial charge in [0, 0.05) is 24.7 Å². The van der Waals surface area contributed by atoms with Crippen molar-refractivity contribution in [1.82, 2.24) is 9.80 Å². The summed E-state index contributed by atoms with van der Waals surface area (Å²) in [6.45, 7) is 1.20. The first-order valence-corrected chi connectivity index (χ1v) is 9.46. The molecule has 0 bridgehead atoms. The largest absolute Gasteiger partial charge is 0.496 e. The van der Waals surface area contributed by atoms with Crippen LogP contribution in [0.4, 0.5) is 0 Å². The number of benzene rings is 1. The number of likely N-dealkylation sites (tertiary alicyclic amines) is 2. The van der Waals surface area contributed by atoms with E-state index in [4.69, 9.17) is 16.3 Å². The molecule has 1 N–H and O–H groups in total. The number of methoxy groups -OCH3 is 1. The molecule has 2 atom stereocenters. The Morgan fingerprint density at radius 1 is 1.19 bits per heavy atom. The average Bonchev–Trinajstić information content (AvgIpc) is 3.16. The summed E-state index contributed by atoms with van der Waals surface area (Å²) in [6.07, 6.45) is 2.53. The highest BCUT2D eigenvalue weighted by Gasteiger charge is 2.39. The number of hydrogen-bond donors (Lipinski definition) is 1. The summed E-state index contributed by atoms with van der Waals surface area (Å²) >= 11 is 6.03. The summed E-state index contributed by atoms with van der Waals surface area (Å²) in [5.74, 6) is -1.48. The minimum absolute atomic E-state index is 0.173. The number of carbonyl (C=O) groups is 3. The van der Waals surface area contributed by atoms with E-state index in [1.807, 2.05) is 0 Å². The van der Waals surface area contributed by atoms with E-state index >= 15 is 0 Å². The predicted molar refractivity (Wildman–Crippen MR) is 99.0 cm³/mol. The van der Waals surface area contributed by atoms with E-state index in [9.17, 15) is 19.5 Å². The van der Waals surface area contributed by atoms with E-state index in [-0.39, 0.29) is 18.4 Å². The van der Waals surface area contributed by atoms with Crippen LogP contribution >= 0.6 is 11.6 Å². The van der Waals surface area contributed by atoms with Crippen LogP contribution in [0.25, 0.3) is 0 Å². The highest BCUT2D eigenvalue weighted by atomic mass is 35.5. The van der Waals surface area contributed by atoms with Crippen molar-refractivity contribution in [3.05, 3.63) is 28.8 Å². The van der Waals surface area contributed by atoms with Crippen molar-refractivity contribution in [2.24, 2.45) is 5.92 Å². The molecular formula is C19H23ClN2O5. The molecule has 146 valence electrons. The van der Waals surface area contributed by atoms with Crippen molar-refractivity contribution in [3.63, 3.8) is 0 Å². The lowest BCUT2D eigenvalue weighted by Crippen LogP contribution is -2.51. The zero-order valence-corrected chi connectivity index (χ0v) is 15.9. The lowest BCUT2D eigenvalue weighted by molar-refractivity contribution is -0.146. The molecule has 3 rings (SSSR count). The fraction of sp³-hybridized carbons (Fsp3) is 0.526. The maximum Gasteiger partial charge on any atom is 0.308 e. The molecule has 2 heterocycles. The summed E-state index contributed by atoms with van der Waals surface area (Å²) in [4.78, 5) is 40.5. The molecule has 0 aromatic heterocycles. The van der Waals surface area contributed by atoms with E-state index in [0.29, 0.717) is 48.7 Å². The van der Waals surface area contributed by atoms with Gasteiger partial charge in [-0.3, -0.25) is 14.4 Å². The molecule has 0 radical (unpaired) electrons. The van der Waals surface area contributed by atoms with Crippen LogP contribution in [0, 0.1) is 5.92 Å². The number of carboxylic acid groups (broad SMARTS) is 1. The molecule has 1 unspecified atom stereocenters. The molecule has 2 fully saturated rings. The molecule has 27 heavy (non-hydrogen) atoms. The van der Waals surface area contributed by atoms with Crippen LogP contribution in [0.15, 0.2) is 18.2 Å². The van der Waals surface area contributed by atoms with Gasteiger partial charge >= 0.3 is 5.97 Å². The van der Waals surface area contributed by atoms with Gasteiger partial charge in [-0.2, -0.15) is 0 Å². The number of aliphatic carboxylic acids is 1. The second-order valence-corrected chi connectivity index (χ2v) is 7.40. The SMILES string of the molecule is COc1ccc(Cl)cc1C(=O)N1CCCC1C(=O)N1CCC[C@H](C(=O)O)C1. The highest BCUT2D eigenvalue weighted by Crippen LogP contribution is 2.29. The average molecular weight is 395 g/mol. The maximum absolute atomic E-state index is 13.1. The van der Waals surface area contributed by atoms with E-state index in [1.165, 1.54) is 7.11 Å². The van der Waals surface area contributed by atoms with Crippen LogP contribution in [0.3, 0.4) is 0 Å². The summed E-state index contributed by atoms with van der Waals surface area (Å²) in [5, 5.41) is 9.66. The van der Waals surface area contributed by atoms with Crippen LogP contribution in [0.2, 0.25) is 5.02 Å². The second kappa shape index (κ2) is 8.17. The molecule has 1 aromatic carbocycles. The maximum atomic E-state index is 13.1. The summed E-state index contributed by atoms with van der Waals surface area (Å²) in [5.41, 5.74) is 0.326. The van der Waals surface area contributed by atoms with Crippen molar-refractivity contribution in [2.75, 3.05) is 26.7 Å². The Balaban J connectivity index is 1.79. The Hall–Kier alpha value is -2.28. The van der Waals surface area contributed by atoms with Gasteiger partial charge in [-0.05, 0) is 43.9 Å². The molecule has 0 aliphatic carbocycles. The quantitative estimate of drug-likeness (QED) is 0.846. The van der Waals surface area contributed by atoms with E-state index in [0.717, 1.165) is 6.42 Å². The van der Waals surface area contributed by atoms with Gasteiger partial charge in [0.1, 0.15) is 11.8 Å². The first-order chi connectivity index (χ1) is 12.9. The zero-order chi connectivity index (χ0) is 19.6. The van der Waals surface area contributed by atoms with Gasteiger partial charge in [0.2, 0.25) is 5.91 Å². The molecule has 2 saturated heterocycles. The van der Waals surface area contributed by atoms with Gasteiger partial charge in [-0.25, -0.2) is 0 Å². The number of halogens is 1. The monoisotopic (exact) mass is 394 g/mol. The van der Waals surface area contributed by atoms with Crippen molar-refractivity contribution < 1.29 is 24.2 Å². The van der Waals surface area contributed by atoms with Crippen LogP contribution in [-0.2, 0) is 9.59 Å². The number of ether oxygens (including phenoxy) is 1. The van der Waals surface area contributed by atoms with Gasteiger partial charge in [0.05, 0.1) is 18.6 Å². The molecule has 8 heteroatoms. The number of hydrogen-bond acceptors (Lipinski definition) is 4. The van der Waals surface area contributed by atoms with Gasteiger partial charge in [0.25, 0.3) is 5.91 Å². The van der Waals surface area contributed by atoms with Crippen molar-refractivity contribution >= 4 is 29.4 Å². The summed E-state index contributed by atoms with van der Waals surface area (Å²) in [6, 6.07) is 4.24. The van der Waals surface area contributed by atoms with E-state index < -0.39 is 17.9 Å². The van der Waals surface area contributed by atoms with Crippen LogP contribution < -0.4 is 4.74 Å². The normalized spacial score (nSPS) is 22.6. The molecular weight excluding hydrogens is 372 g/mol. The van der Waals surface area contributed by atoms with Crippen molar-refractivity contribution in [1.29, 1.82) is 0 Å². The number of carbonyl (C=O) groups excluding carboxylic acids is 2. The first kappa shape index (κ1) is 19.5. The Bertz CT molecular complexity index is 754. The van der Waals surface area contributed by atoms with Crippen LogP contribution in [-0.4, -0.2) is 65.5 Å². The molecule has 1 aromatic rings. The molecule has 2 aliphatic rings. The van der Waals surface area contributed by atoms with E-state index in [1.54, 1.807) is 28.0 Å². The third-order valence-electron chi connectivity index (χ3n) is 5.27. The Kier molecular flexibility index (Phi) is 5.89. The van der Waals surface area contributed by atoms with Gasteiger partial charge < -0.3 is 19.6 Å². The summed E-state index contributed by atoms with van der Waals surface area (Å²) < 4.78 is 5.27. The van der Waals surface area contributed by atoms with Gasteiger partial charge in [0.15, 0.2) is 0 Å². The van der Waals surface area contributed by atoms with Crippen molar-refractivity contribution in [2.45, 2.75) is 31.7 Å². The first-order valence-electron chi connectivity index (χ1n) is 9.08. The third-order valence-corrected chi connectivity index (χ3v) is 5.51. The number of nitrogens with zero attached hydrogens (tertiary/aromatic N) is 2. The van der Waals surface area contributed by atoms with Gasteiger partial charge in [-0.1, -0.05) is 11.6 Å². The molecule has 2 aliphatic heterocycles. The Morgan fingerprint density at radius 3 is 2.63 bits per heavy atom. The van der Waals surface area contributed by atoms with Crippen LogP contribution in [0.1, 0.15) is 36.0 Å². The topological polar surface area (TPSA) is 87.2 Å². The zero-order valence-electron chi connectivity index (χ0n) is 15.2. The Morgan fingerprint density at radius 2 is 1.93 bits per heavy atom. The molecule has 0 spiro atoms. The predicted octanol–water partition coefficient (Wildman–Crippen LogP) is 2.28. The minimum atomic E-state index is -0.879. The number of amides is 2.